The van der Waals surface area contributed by atoms with Crippen molar-refractivity contribution in [1.29, 1.82) is 0 Å². The summed E-state index contributed by atoms with van der Waals surface area (Å²) in [6.07, 6.45) is 1.73. The Balaban J connectivity index is 1.59. The third-order valence-electron chi connectivity index (χ3n) is 5.97. The number of nitrogens with two attached hydrogens (primary N) is 1. The van der Waals surface area contributed by atoms with E-state index in [-0.39, 0.29) is 29.7 Å². The van der Waals surface area contributed by atoms with Crippen molar-refractivity contribution in [3.8, 4) is 5.69 Å². The van der Waals surface area contributed by atoms with Gasteiger partial charge in [-0.05, 0) is 54.1 Å². The molecule has 7 heteroatoms. The highest BCUT2D eigenvalue weighted by atomic mass is 35.5. The molecule has 2 N–H and O–H groups in total. The van der Waals surface area contributed by atoms with Crippen LogP contribution < -0.4 is 10.6 Å². The minimum atomic E-state index is -0.384. The number of hydrogen-bond donors (Lipinski definition) is 1. The molecule has 31 heavy (non-hydrogen) atoms. The molecule has 2 heterocycles. The van der Waals surface area contributed by atoms with Crippen LogP contribution in [0.2, 0.25) is 5.02 Å². The van der Waals surface area contributed by atoms with Gasteiger partial charge in [0, 0.05) is 22.1 Å². The Bertz CT molecular complexity index is 1290. The van der Waals surface area contributed by atoms with Gasteiger partial charge in [0.2, 0.25) is 5.91 Å². The van der Waals surface area contributed by atoms with Crippen molar-refractivity contribution in [1.82, 2.24) is 9.78 Å². The summed E-state index contributed by atoms with van der Waals surface area (Å²) in [5.74, 6) is -0.673. The number of benzene rings is 3. The molecule has 1 aromatic heterocycles. The molecule has 0 saturated carbocycles. The first-order valence-electron chi connectivity index (χ1n) is 10.0. The summed E-state index contributed by atoms with van der Waals surface area (Å²) < 4.78 is 15.0. The minimum absolute atomic E-state index is 0.0392. The van der Waals surface area contributed by atoms with E-state index in [0.29, 0.717) is 5.02 Å². The molecule has 156 valence electrons. The second kappa shape index (κ2) is 7.48. The van der Waals surface area contributed by atoms with E-state index < -0.39 is 0 Å². The van der Waals surface area contributed by atoms with Gasteiger partial charge in [-0.3, -0.25) is 4.79 Å². The van der Waals surface area contributed by atoms with Crippen LogP contribution in [0.25, 0.3) is 16.6 Å². The molecular weight excluding hydrogens is 415 g/mol. The number of carbonyl (C=O) groups excluding carboxylic acids is 1. The number of halogens is 2. The highest BCUT2D eigenvalue weighted by Crippen LogP contribution is 2.42. The normalized spacial score (nSPS) is 21.2. The second-order valence-electron chi connectivity index (χ2n) is 7.82. The van der Waals surface area contributed by atoms with E-state index in [1.165, 1.54) is 12.1 Å². The SMILES string of the molecule is C[C@H]1C(=O)N(c2ccc3c(cnn3-c3ccc(F)cc3)c2)[C@H](c2ccccc2Cl)[C@H]1N. The maximum Gasteiger partial charge on any atom is 0.232 e. The standard InChI is InChI=1S/C24H20ClFN4O/c1-14-22(27)23(19-4-2-3-5-20(19)25)29(24(14)31)18-10-11-21-15(12-18)13-28-30(21)17-8-6-16(26)7-9-17/h2-14,22-23H,27H2,1H3/t14-,22+,23-/m1/s1. The van der Waals surface area contributed by atoms with Crippen LogP contribution in [-0.4, -0.2) is 21.7 Å². The molecule has 4 aromatic rings. The first-order valence-corrected chi connectivity index (χ1v) is 10.4. The maximum atomic E-state index is 13.3. The van der Waals surface area contributed by atoms with E-state index in [1.54, 1.807) is 27.9 Å². The van der Waals surface area contributed by atoms with Crippen LogP contribution in [0.3, 0.4) is 0 Å². The van der Waals surface area contributed by atoms with Crippen LogP contribution >= 0.6 is 11.6 Å². The van der Waals surface area contributed by atoms with Crippen molar-refractivity contribution in [2.24, 2.45) is 11.7 Å². The smallest absolute Gasteiger partial charge is 0.232 e. The van der Waals surface area contributed by atoms with E-state index in [4.69, 9.17) is 17.3 Å². The molecule has 1 amide bonds. The number of hydrogen-bond acceptors (Lipinski definition) is 3. The summed E-state index contributed by atoms with van der Waals surface area (Å²) >= 11 is 6.46. The zero-order valence-corrected chi connectivity index (χ0v) is 17.5. The topological polar surface area (TPSA) is 64.2 Å². The molecule has 0 spiro atoms. The Labute approximate surface area is 183 Å². The number of nitrogens with zero attached hydrogens (tertiary/aromatic N) is 3. The molecule has 3 atom stereocenters. The van der Waals surface area contributed by atoms with Gasteiger partial charge < -0.3 is 10.6 Å². The molecule has 0 bridgehead atoms. The Hall–Kier alpha value is -3.22. The van der Waals surface area contributed by atoms with Crippen molar-refractivity contribution >= 4 is 34.1 Å². The number of amides is 1. The van der Waals surface area contributed by atoms with E-state index in [2.05, 4.69) is 5.10 Å². The van der Waals surface area contributed by atoms with Gasteiger partial charge in [-0.2, -0.15) is 5.10 Å². The number of rotatable bonds is 3. The lowest BCUT2D eigenvalue weighted by molar-refractivity contribution is -0.120. The summed E-state index contributed by atoms with van der Waals surface area (Å²) in [6.45, 7) is 1.85. The summed E-state index contributed by atoms with van der Waals surface area (Å²) in [6, 6.07) is 18.6. The lowest BCUT2D eigenvalue weighted by Crippen LogP contribution is -2.33. The van der Waals surface area contributed by atoms with Crippen LogP contribution in [0.1, 0.15) is 18.5 Å². The minimum Gasteiger partial charge on any atom is -0.325 e. The number of fused-ring (bicyclic) bond motifs is 1. The van der Waals surface area contributed by atoms with E-state index in [1.807, 2.05) is 49.4 Å². The molecule has 1 aliphatic heterocycles. The van der Waals surface area contributed by atoms with Gasteiger partial charge in [-0.25, -0.2) is 9.07 Å². The summed E-state index contributed by atoms with van der Waals surface area (Å²) in [5.41, 5.74) is 9.66. The maximum absolute atomic E-state index is 13.3. The van der Waals surface area contributed by atoms with Crippen molar-refractivity contribution < 1.29 is 9.18 Å². The van der Waals surface area contributed by atoms with E-state index in [0.717, 1.165) is 27.8 Å². The van der Waals surface area contributed by atoms with Crippen molar-refractivity contribution in [3.63, 3.8) is 0 Å². The predicted octanol–water partition coefficient (Wildman–Crippen LogP) is 4.87. The Morgan fingerprint density at radius 1 is 1.03 bits per heavy atom. The molecule has 0 unspecified atom stereocenters. The lowest BCUT2D eigenvalue weighted by Gasteiger charge is -2.28. The van der Waals surface area contributed by atoms with Crippen molar-refractivity contribution in [3.05, 3.63) is 89.3 Å². The monoisotopic (exact) mass is 434 g/mol. The van der Waals surface area contributed by atoms with Crippen LogP contribution in [0.5, 0.6) is 0 Å². The van der Waals surface area contributed by atoms with E-state index in [9.17, 15) is 9.18 Å². The average Bonchev–Trinajstić information content (AvgIpc) is 3.29. The lowest BCUT2D eigenvalue weighted by atomic mass is 9.95. The Morgan fingerprint density at radius 2 is 1.74 bits per heavy atom. The number of anilines is 1. The van der Waals surface area contributed by atoms with Crippen LogP contribution in [-0.2, 0) is 4.79 Å². The molecule has 0 aliphatic carbocycles. The highest BCUT2D eigenvalue weighted by Gasteiger charge is 2.45. The van der Waals surface area contributed by atoms with Gasteiger partial charge in [0.15, 0.2) is 0 Å². The van der Waals surface area contributed by atoms with Gasteiger partial charge in [0.05, 0.1) is 29.4 Å². The highest BCUT2D eigenvalue weighted by molar-refractivity contribution is 6.31. The number of aromatic nitrogens is 2. The Morgan fingerprint density at radius 3 is 2.48 bits per heavy atom. The molecule has 1 saturated heterocycles. The quantitative estimate of drug-likeness (QED) is 0.500. The van der Waals surface area contributed by atoms with Gasteiger partial charge in [0.25, 0.3) is 0 Å². The Kier molecular flexibility index (Phi) is 4.76. The fourth-order valence-electron chi connectivity index (χ4n) is 4.27. The number of carbonyl (C=O) groups is 1. The zero-order valence-electron chi connectivity index (χ0n) is 16.7. The molecule has 5 nitrogen and oxygen atoms in total. The third-order valence-corrected chi connectivity index (χ3v) is 6.32. The largest absolute Gasteiger partial charge is 0.325 e. The molecular formula is C24H20ClFN4O. The second-order valence-corrected chi connectivity index (χ2v) is 8.22. The van der Waals surface area contributed by atoms with Crippen LogP contribution in [0.15, 0.2) is 72.9 Å². The van der Waals surface area contributed by atoms with Crippen LogP contribution in [0.4, 0.5) is 10.1 Å². The molecule has 1 fully saturated rings. The first kappa shape index (κ1) is 19.7. The van der Waals surface area contributed by atoms with Gasteiger partial charge in [-0.15, -0.1) is 0 Å². The van der Waals surface area contributed by atoms with Crippen molar-refractivity contribution in [2.45, 2.75) is 19.0 Å². The molecule has 3 aromatic carbocycles. The van der Waals surface area contributed by atoms with Crippen LogP contribution in [0, 0.1) is 11.7 Å². The van der Waals surface area contributed by atoms with Gasteiger partial charge >= 0.3 is 0 Å². The summed E-state index contributed by atoms with van der Waals surface area (Å²) in [5, 5.41) is 5.89. The third kappa shape index (κ3) is 3.19. The molecule has 5 rings (SSSR count). The molecule has 1 aliphatic rings. The van der Waals surface area contributed by atoms with Gasteiger partial charge in [-0.1, -0.05) is 36.7 Å². The molecule has 0 radical (unpaired) electrons. The average molecular weight is 435 g/mol. The van der Waals surface area contributed by atoms with Crippen molar-refractivity contribution in [2.75, 3.05) is 4.90 Å². The zero-order chi connectivity index (χ0) is 21.7. The summed E-state index contributed by atoms with van der Waals surface area (Å²) in [7, 11) is 0. The first-order chi connectivity index (χ1) is 15.0. The fraction of sp³-hybridized carbons (Fsp3) is 0.167. The summed E-state index contributed by atoms with van der Waals surface area (Å²) in [4.78, 5) is 14.9. The van der Waals surface area contributed by atoms with E-state index >= 15 is 0 Å². The van der Waals surface area contributed by atoms with Gasteiger partial charge in [0.1, 0.15) is 5.82 Å². The fourth-order valence-corrected chi connectivity index (χ4v) is 4.52. The predicted molar refractivity (Wildman–Crippen MR) is 120 cm³/mol.